The summed E-state index contributed by atoms with van der Waals surface area (Å²) >= 11 is 0. The molecular formula is C18H27N5O3. The highest BCUT2D eigenvalue weighted by Gasteiger charge is 2.14. The minimum Gasteiger partial charge on any atom is -0.504 e. The van der Waals surface area contributed by atoms with E-state index in [9.17, 15) is 9.90 Å². The highest BCUT2D eigenvalue weighted by molar-refractivity contribution is 5.94. The van der Waals surface area contributed by atoms with Crippen molar-refractivity contribution in [3.8, 4) is 11.5 Å². The minimum absolute atomic E-state index is 0.0404. The standard InChI is InChI=1S/C12H17NO3.C6H10N4/c1-4-13(5-2)12(15)9-6-7-10(14)11(8-9)16-3;1-2-4-6-7-8-9-10(6)5-3-1/h6-8,14H,4-5H2,1-3H3;1-5H2. The molecule has 1 aliphatic heterocycles. The summed E-state index contributed by atoms with van der Waals surface area (Å²) in [6, 6.07) is 4.62. The Kier molecular flexibility index (Phi) is 7.37. The Hall–Kier alpha value is -2.64. The van der Waals surface area contributed by atoms with Crippen LogP contribution < -0.4 is 4.74 Å². The summed E-state index contributed by atoms with van der Waals surface area (Å²) in [6.07, 6.45) is 4.80. The predicted molar refractivity (Wildman–Crippen MR) is 97.3 cm³/mol. The summed E-state index contributed by atoms with van der Waals surface area (Å²) in [4.78, 5) is 13.7. The van der Waals surface area contributed by atoms with Gasteiger partial charge in [0, 0.05) is 31.6 Å². The van der Waals surface area contributed by atoms with Gasteiger partial charge in [0.05, 0.1) is 7.11 Å². The van der Waals surface area contributed by atoms with Crippen molar-refractivity contribution in [3.05, 3.63) is 29.6 Å². The molecule has 0 saturated carbocycles. The number of rotatable bonds is 4. The first-order chi connectivity index (χ1) is 12.6. The fourth-order valence-corrected chi connectivity index (χ4v) is 2.80. The van der Waals surface area contributed by atoms with Gasteiger partial charge in [0.1, 0.15) is 0 Å². The molecule has 0 radical (unpaired) electrons. The van der Waals surface area contributed by atoms with Gasteiger partial charge in [-0.3, -0.25) is 4.79 Å². The third-order valence-electron chi connectivity index (χ3n) is 4.35. The Morgan fingerprint density at radius 3 is 2.73 bits per heavy atom. The number of carbonyl (C=O) groups excluding carboxylic acids is 1. The van der Waals surface area contributed by atoms with Crippen LogP contribution in [-0.2, 0) is 13.0 Å². The molecule has 1 amide bonds. The molecule has 1 N–H and O–H groups in total. The number of carbonyl (C=O) groups is 1. The molecule has 8 heteroatoms. The molecule has 1 aliphatic rings. The van der Waals surface area contributed by atoms with Gasteiger partial charge in [0.2, 0.25) is 0 Å². The maximum atomic E-state index is 12.0. The zero-order valence-corrected chi connectivity index (χ0v) is 15.7. The summed E-state index contributed by atoms with van der Waals surface area (Å²) in [7, 11) is 1.46. The van der Waals surface area contributed by atoms with E-state index in [1.54, 1.807) is 17.0 Å². The molecule has 0 saturated heterocycles. The number of aromatic nitrogens is 4. The zero-order valence-electron chi connectivity index (χ0n) is 15.7. The molecule has 2 aromatic rings. The van der Waals surface area contributed by atoms with Crippen LogP contribution in [0.3, 0.4) is 0 Å². The van der Waals surface area contributed by atoms with E-state index in [2.05, 4.69) is 15.5 Å². The number of amides is 1. The van der Waals surface area contributed by atoms with Crippen LogP contribution in [0.5, 0.6) is 11.5 Å². The zero-order chi connectivity index (χ0) is 18.9. The monoisotopic (exact) mass is 361 g/mol. The van der Waals surface area contributed by atoms with E-state index >= 15 is 0 Å². The number of hydrogen-bond acceptors (Lipinski definition) is 6. The van der Waals surface area contributed by atoms with Gasteiger partial charge in [-0.2, -0.15) is 0 Å². The van der Waals surface area contributed by atoms with Crippen molar-refractivity contribution >= 4 is 5.91 Å². The lowest BCUT2D eigenvalue weighted by Crippen LogP contribution is -2.30. The first-order valence-corrected chi connectivity index (χ1v) is 9.02. The Balaban J connectivity index is 0.000000206. The number of hydrogen-bond donors (Lipinski definition) is 1. The largest absolute Gasteiger partial charge is 0.504 e. The SMILES string of the molecule is C1CCc2nnnn2CC1.CCN(CC)C(=O)c1ccc(O)c(OC)c1. The van der Waals surface area contributed by atoms with Crippen molar-refractivity contribution in [2.75, 3.05) is 20.2 Å². The number of aromatic hydroxyl groups is 1. The molecule has 2 heterocycles. The molecule has 26 heavy (non-hydrogen) atoms. The molecule has 0 unspecified atom stereocenters. The van der Waals surface area contributed by atoms with E-state index in [0.717, 1.165) is 18.8 Å². The van der Waals surface area contributed by atoms with Crippen LogP contribution in [-0.4, -0.2) is 56.3 Å². The number of phenolic OH excluding ortho intramolecular Hbond substituents is 1. The number of aryl methyl sites for hydroxylation is 2. The predicted octanol–water partition coefficient (Wildman–Crippen LogP) is 2.28. The van der Waals surface area contributed by atoms with Crippen LogP contribution in [0.4, 0.5) is 0 Å². The number of methoxy groups -OCH3 is 1. The fourth-order valence-electron chi connectivity index (χ4n) is 2.80. The average Bonchev–Trinajstić information content (AvgIpc) is 2.99. The van der Waals surface area contributed by atoms with Crippen molar-refractivity contribution in [1.29, 1.82) is 0 Å². The van der Waals surface area contributed by atoms with Gasteiger partial charge in [0.25, 0.3) is 5.91 Å². The smallest absolute Gasteiger partial charge is 0.253 e. The second kappa shape index (κ2) is 9.74. The number of tetrazole rings is 1. The Morgan fingerprint density at radius 1 is 1.27 bits per heavy atom. The van der Waals surface area contributed by atoms with Crippen molar-refractivity contribution < 1.29 is 14.6 Å². The number of ether oxygens (including phenoxy) is 1. The van der Waals surface area contributed by atoms with Gasteiger partial charge < -0.3 is 14.7 Å². The third-order valence-corrected chi connectivity index (χ3v) is 4.35. The fraction of sp³-hybridized carbons (Fsp3) is 0.556. The Bertz CT molecular complexity index is 692. The van der Waals surface area contributed by atoms with Crippen LogP contribution in [0.2, 0.25) is 0 Å². The maximum absolute atomic E-state index is 12.0. The van der Waals surface area contributed by atoms with Gasteiger partial charge in [-0.05, 0) is 55.3 Å². The second-order valence-corrected chi connectivity index (χ2v) is 5.99. The lowest BCUT2D eigenvalue weighted by atomic mass is 10.1. The average molecular weight is 361 g/mol. The third kappa shape index (κ3) is 4.93. The minimum atomic E-state index is -0.0525. The topological polar surface area (TPSA) is 93.4 Å². The van der Waals surface area contributed by atoms with Crippen molar-refractivity contribution in [1.82, 2.24) is 25.1 Å². The van der Waals surface area contributed by atoms with E-state index in [-0.39, 0.29) is 11.7 Å². The van der Waals surface area contributed by atoms with Crippen molar-refractivity contribution in [2.45, 2.75) is 46.1 Å². The molecular weight excluding hydrogens is 334 g/mol. The molecule has 0 aliphatic carbocycles. The van der Waals surface area contributed by atoms with Crippen molar-refractivity contribution in [3.63, 3.8) is 0 Å². The number of phenols is 1. The van der Waals surface area contributed by atoms with Crippen LogP contribution in [0.25, 0.3) is 0 Å². The van der Waals surface area contributed by atoms with Crippen molar-refractivity contribution in [2.24, 2.45) is 0 Å². The van der Waals surface area contributed by atoms with E-state index in [1.165, 1.54) is 32.4 Å². The lowest BCUT2D eigenvalue weighted by Gasteiger charge is -2.18. The van der Waals surface area contributed by atoms with Gasteiger partial charge in [-0.15, -0.1) is 5.10 Å². The summed E-state index contributed by atoms with van der Waals surface area (Å²) in [5, 5.41) is 20.8. The molecule has 0 bridgehead atoms. The summed E-state index contributed by atoms with van der Waals surface area (Å²) < 4.78 is 6.87. The highest BCUT2D eigenvalue weighted by atomic mass is 16.5. The number of nitrogens with zero attached hydrogens (tertiary/aromatic N) is 5. The summed E-state index contributed by atoms with van der Waals surface area (Å²) in [6.45, 7) is 6.19. The van der Waals surface area contributed by atoms with E-state index in [1.807, 2.05) is 18.5 Å². The number of fused-ring (bicyclic) bond motifs is 1. The quantitative estimate of drug-likeness (QED) is 0.898. The molecule has 3 rings (SSSR count). The molecule has 142 valence electrons. The Labute approximate surface area is 153 Å². The molecule has 1 aromatic heterocycles. The number of benzene rings is 1. The van der Waals surface area contributed by atoms with Crippen LogP contribution in [0.1, 0.15) is 49.3 Å². The van der Waals surface area contributed by atoms with E-state index < -0.39 is 0 Å². The maximum Gasteiger partial charge on any atom is 0.253 e. The first kappa shape index (κ1) is 19.7. The van der Waals surface area contributed by atoms with Gasteiger partial charge >= 0.3 is 0 Å². The van der Waals surface area contributed by atoms with Crippen LogP contribution in [0, 0.1) is 0 Å². The lowest BCUT2D eigenvalue weighted by molar-refractivity contribution is 0.0772. The van der Waals surface area contributed by atoms with E-state index in [4.69, 9.17) is 4.74 Å². The normalized spacial score (nSPS) is 13.0. The summed E-state index contributed by atoms with van der Waals surface area (Å²) in [5.41, 5.74) is 0.526. The van der Waals surface area contributed by atoms with Gasteiger partial charge in [-0.25, -0.2) is 4.68 Å². The Morgan fingerprint density at radius 2 is 2.04 bits per heavy atom. The first-order valence-electron chi connectivity index (χ1n) is 9.02. The van der Waals surface area contributed by atoms with Gasteiger partial charge in [-0.1, -0.05) is 6.42 Å². The molecule has 8 nitrogen and oxygen atoms in total. The molecule has 0 fully saturated rings. The molecule has 1 aromatic carbocycles. The highest BCUT2D eigenvalue weighted by Crippen LogP contribution is 2.26. The summed E-state index contributed by atoms with van der Waals surface area (Å²) in [5.74, 6) is 1.36. The molecule has 0 atom stereocenters. The second-order valence-electron chi connectivity index (χ2n) is 5.99. The van der Waals surface area contributed by atoms with Crippen LogP contribution >= 0.6 is 0 Å². The van der Waals surface area contributed by atoms with E-state index in [0.29, 0.717) is 24.4 Å². The molecule has 0 spiro atoms. The van der Waals surface area contributed by atoms with Crippen LogP contribution in [0.15, 0.2) is 18.2 Å². The van der Waals surface area contributed by atoms with Gasteiger partial charge in [0.15, 0.2) is 17.3 Å².